The Morgan fingerprint density at radius 3 is 2.65 bits per heavy atom. The molecule has 144 valence electrons. The minimum Gasteiger partial charge on any atom is -0.371 e. The number of benzene rings is 1. The van der Waals surface area contributed by atoms with E-state index >= 15 is 0 Å². The number of amides is 1. The van der Waals surface area contributed by atoms with Gasteiger partial charge in [0.25, 0.3) is 0 Å². The third-order valence-electron chi connectivity index (χ3n) is 5.47. The van der Waals surface area contributed by atoms with E-state index in [1.807, 2.05) is 0 Å². The zero-order valence-electron chi connectivity index (χ0n) is 15.5. The average molecular weight is 380 g/mol. The zero-order chi connectivity index (χ0) is 18.6. The number of piperidine rings is 1. The molecular formula is C19H29N3O3S. The zero-order valence-corrected chi connectivity index (χ0v) is 16.3. The summed E-state index contributed by atoms with van der Waals surface area (Å²) >= 11 is 0. The molecule has 1 aromatic rings. The molecule has 1 amide bonds. The summed E-state index contributed by atoms with van der Waals surface area (Å²) in [7, 11) is -3.13. The molecule has 6 nitrogen and oxygen atoms in total. The van der Waals surface area contributed by atoms with Crippen LogP contribution in [0.25, 0.3) is 0 Å². The standard InChI is InChI=1S/C19H29N3O3S/c1-2-26(24,25)22-14-9-17(10-15-22)19(23)20-11-5-12-21-13-8-16-6-3-4-7-18(16)21/h3-4,6-7,17H,2,5,8-15H2,1H3,(H,20,23). The normalized spacial score (nSPS) is 18.7. The highest BCUT2D eigenvalue weighted by molar-refractivity contribution is 7.89. The summed E-state index contributed by atoms with van der Waals surface area (Å²) in [6.07, 6.45) is 3.25. The number of carbonyl (C=O) groups excluding carboxylic acids is 1. The monoisotopic (exact) mass is 379 g/mol. The molecule has 0 spiro atoms. The van der Waals surface area contributed by atoms with Crippen LogP contribution in [0.4, 0.5) is 5.69 Å². The maximum atomic E-state index is 12.3. The Balaban J connectivity index is 1.37. The number of hydrogen-bond acceptors (Lipinski definition) is 4. The van der Waals surface area contributed by atoms with E-state index in [0.717, 1.165) is 25.9 Å². The summed E-state index contributed by atoms with van der Waals surface area (Å²) in [6, 6.07) is 8.50. The van der Waals surface area contributed by atoms with E-state index in [1.54, 1.807) is 6.92 Å². The molecule has 0 radical (unpaired) electrons. The third kappa shape index (κ3) is 4.38. The van der Waals surface area contributed by atoms with E-state index in [2.05, 4.69) is 34.5 Å². The first-order valence-corrected chi connectivity index (χ1v) is 11.2. The predicted molar refractivity (Wildman–Crippen MR) is 104 cm³/mol. The van der Waals surface area contributed by atoms with Crippen LogP contribution in [0.5, 0.6) is 0 Å². The highest BCUT2D eigenvalue weighted by atomic mass is 32.2. The molecule has 1 aromatic carbocycles. The van der Waals surface area contributed by atoms with Gasteiger partial charge in [0.15, 0.2) is 0 Å². The number of anilines is 1. The second-order valence-corrected chi connectivity index (χ2v) is 9.34. The van der Waals surface area contributed by atoms with E-state index in [9.17, 15) is 13.2 Å². The largest absolute Gasteiger partial charge is 0.371 e. The highest BCUT2D eigenvalue weighted by Crippen LogP contribution is 2.27. The molecule has 1 N–H and O–H groups in total. The van der Waals surface area contributed by atoms with Crippen LogP contribution < -0.4 is 10.2 Å². The minimum atomic E-state index is -3.13. The molecule has 0 saturated carbocycles. The Hall–Kier alpha value is -1.60. The first kappa shape index (κ1) is 19.2. The van der Waals surface area contributed by atoms with Gasteiger partial charge in [-0.2, -0.15) is 0 Å². The lowest BCUT2D eigenvalue weighted by molar-refractivity contribution is -0.126. The fourth-order valence-corrected chi connectivity index (χ4v) is 4.98. The smallest absolute Gasteiger partial charge is 0.223 e. The maximum absolute atomic E-state index is 12.3. The summed E-state index contributed by atoms with van der Waals surface area (Å²) in [5, 5.41) is 3.03. The van der Waals surface area contributed by atoms with Gasteiger partial charge in [-0.3, -0.25) is 4.79 Å². The first-order chi connectivity index (χ1) is 12.5. The van der Waals surface area contributed by atoms with E-state index < -0.39 is 10.0 Å². The molecule has 26 heavy (non-hydrogen) atoms. The Morgan fingerprint density at radius 1 is 1.19 bits per heavy atom. The van der Waals surface area contributed by atoms with Gasteiger partial charge in [0.2, 0.25) is 15.9 Å². The van der Waals surface area contributed by atoms with Crippen LogP contribution in [0.1, 0.15) is 31.7 Å². The molecular weight excluding hydrogens is 350 g/mol. The van der Waals surface area contributed by atoms with Gasteiger partial charge < -0.3 is 10.2 Å². The molecule has 0 aromatic heterocycles. The summed E-state index contributed by atoms with van der Waals surface area (Å²) in [4.78, 5) is 14.7. The Morgan fingerprint density at radius 2 is 1.92 bits per heavy atom. The summed E-state index contributed by atoms with van der Waals surface area (Å²) < 4.78 is 25.3. The van der Waals surface area contributed by atoms with Gasteiger partial charge in [0, 0.05) is 44.3 Å². The van der Waals surface area contributed by atoms with Gasteiger partial charge in [-0.15, -0.1) is 0 Å². The molecule has 1 saturated heterocycles. The van der Waals surface area contributed by atoms with Crippen molar-refractivity contribution in [3.8, 4) is 0 Å². The van der Waals surface area contributed by atoms with Gasteiger partial charge in [0.05, 0.1) is 5.75 Å². The maximum Gasteiger partial charge on any atom is 0.223 e. The van der Waals surface area contributed by atoms with Crippen molar-refractivity contribution in [3.05, 3.63) is 29.8 Å². The molecule has 0 unspecified atom stereocenters. The van der Waals surface area contributed by atoms with Gasteiger partial charge in [-0.05, 0) is 44.2 Å². The average Bonchev–Trinajstić information content (AvgIpc) is 3.08. The topological polar surface area (TPSA) is 69.7 Å². The van der Waals surface area contributed by atoms with Crippen LogP contribution in [0.2, 0.25) is 0 Å². The van der Waals surface area contributed by atoms with Crippen molar-refractivity contribution < 1.29 is 13.2 Å². The van der Waals surface area contributed by atoms with Crippen LogP contribution >= 0.6 is 0 Å². The fraction of sp³-hybridized carbons (Fsp3) is 0.632. The van der Waals surface area contributed by atoms with Crippen molar-refractivity contribution in [1.82, 2.24) is 9.62 Å². The SMILES string of the molecule is CCS(=O)(=O)N1CCC(C(=O)NCCCN2CCc3ccccc32)CC1. The summed E-state index contributed by atoms with van der Waals surface area (Å²) in [5.74, 6) is 0.134. The lowest BCUT2D eigenvalue weighted by Crippen LogP contribution is -2.43. The molecule has 2 aliphatic rings. The van der Waals surface area contributed by atoms with E-state index in [-0.39, 0.29) is 17.6 Å². The number of hydrogen-bond donors (Lipinski definition) is 1. The predicted octanol–water partition coefficient (Wildman–Crippen LogP) is 1.62. The number of para-hydroxylation sites is 1. The Labute approximate surface area is 156 Å². The molecule has 1 fully saturated rings. The van der Waals surface area contributed by atoms with E-state index in [1.165, 1.54) is 15.6 Å². The van der Waals surface area contributed by atoms with Gasteiger partial charge in [-0.25, -0.2) is 12.7 Å². The molecule has 0 bridgehead atoms. The van der Waals surface area contributed by atoms with Crippen molar-refractivity contribution in [1.29, 1.82) is 0 Å². The first-order valence-electron chi connectivity index (χ1n) is 9.59. The second kappa shape index (κ2) is 8.39. The number of fused-ring (bicyclic) bond motifs is 1. The number of nitrogens with zero attached hydrogens (tertiary/aromatic N) is 2. The van der Waals surface area contributed by atoms with Crippen LogP contribution in [0.15, 0.2) is 24.3 Å². The van der Waals surface area contributed by atoms with Gasteiger partial charge >= 0.3 is 0 Å². The molecule has 7 heteroatoms. The van der Waals surface area contributed by atoms with Crippen LogP contribution in [0.3, 0.4) is 0 Å². The summed E-state index contributed by atoms with van der Waals surface area (Å²) in [5.41, 5.74) is 2.73. The van der Waals surface area contributed by atoms with Crippen LogP contribution in [-0.4, -0.2) is 57.1 Å². The van der Waals surface area contributed by atoms with E-state index in [4.69, 9.17) is 0 Å². The third-order valence-corrected chi connectivity index (χ3v) is 7.35. The lowest BCUT2D eigenvalue weighted by Gasteiger charge is -2.30. The minimum absolute atomic E-state index is 0.0641. The molecule has 2 aliphatic heterocycles. The van der Waals surface area contributed by atoms with Crippen molar-refractivity contribution in [2.45, 2.75) is 32.6 Å². The molecule has 0 atom stereocenters. The summed E-state index contributed by atoms with van der Waals surface area (Å²) in [6.45, 7) is 5.25. The lowest BCUT2D eigenvalue weighted by atomic mass is 9.97. The van der Waals surface area contributed by atoms with Crippen molar-refractivity contribution >= 4 is 21.6 Å². The number of nitrogens with one attached hydrogen (secondary N) is 1. The van der Waals surface area contributed by atoms with E-state index in [0.29, 0.717) is 32.5 Å². The molecule has 0 aliphatic carbocycles. The van der Waals surface area contributed by atoms with Crippen LogP contribution in [0, 0.1) is 5.92 Å². The van der Waals surface area contributed by atoms with Crippen LogP contribution in [-0.2, 0) is 21.2 Å². The molecule has 2 heterocycles. The quantitative estimate of drug-likeness (QED) is 0.731. The second-order valence-electron chi connectivity index (χ2n) is 7.08. The van der Waals surface area contributed by atoms with Crippen molar-refractivity contribution in [2.75, 3.05) is 43.4 Å². The number of sulfonamides is 1. The van der Waals surface area contributed by atoms with Gasteiger partial charge in [-0.1, -0.05) is 18.2 Å². The number of carbonyl (C=O) groups is 1. The van der Waals surface area contributed by atoms with Gasteiger partial charge in [0.1, 0.15) is 0 Å². The van der Waals surface area contributed by atoms with Crippen molar-refractivity contribution in [2.24, 2.45) is 5.92 Å². The number of rotatable bonds is 7. The van der Waals surface area contributed by atoms with Crippen molar-refractivity contribution in [3.63, 3.8) is 0 Å². The highest BCUT2D eigenvalue weighted by Gasteiger charge is 2.30. The Kier molecular flexibility index (Phi) is 6.19. The fourth-order valence-electron chi connectivity index (χ4n) is 3.84. The Bertz CT molecular complexity index is 727. The molecule has 3 rings (SSSR count).